The quantitative estimate of drug-likeness (QED) is 0.893. The Morgan fingerprint density at radius 2 is 1.95 bits per heavy atom. The fraction of sp³-hybridized carbons (Fsp3) is 0.500. The average molecular weight is 283 g/mol. The lowest BCUT2D eigenvalue weighted by Crippen LogP contribution is -2.38. The number of hydrogen-bond donors (Lipinski definition) is 1. The van der Waals surface area contributed by atoms with Crippen LogP contribution < -0.4 is 5.32 Å². The Morgan fingerprint density at radius 3 is 2.63 bits per heavy atom. The number of rotatable bonds is 5. The van der Waals surface area contributed by atoms with E-state index >= 15 is 0 Å². The summed E-state index contributed by atoms with van der Waals surface area (Å²) >= 11 is 5.81. The van der Waals surface area contributed by atoms with Crippen LogP contribution in [0.5, 0.6) is 0 Å². The van der Waals surface area contributed by atoms with Gasteiger partial charge in [0.25, 0.3) is 0 Å². The monoisotopic (exact) mass is 282 g/mol. The van der Waals surface area contributed by atoms with Crippen LogP contribution in [0.4, 0.5) is 0 Å². The second-order valence-electron chi connectivity index (χ2n) is 4.61. The summed E-state index contributed by atoms with van der Waals surface area (Å²) < 4.78 is 5.27. The molecule has 1 amide bonds. The standard InChI is InChI=1S/C14H19ClN2O2/c15-13-3-1-12(2-4-13)11-16-14(18)5-6-17-7-9-19-10-8-17/h1-4H,5-11H2,(H,16,18). The van der Waals surface area contributed by atoms with E-state index in [9.17, 15) is 4.79 Å². The van der Waals surface area contributed by atoms with Gasteiger partial charge in [-0.05, 0) is 17.7 Å². The number of halogens is 1. The first-order chi connectivity index (χ1) is 9.24. The van der Waals surface area contributed by atoms with Crippen LogP contribution in [0.15, 0.2) is 24.3 Å². The van der Waals surface area contributed by atoms with Crippen molar-refractivity contribution in [1.29, 1.82) is 0 Å². The van der Waals surface area contributed by atoms with E-state index in [0.717, 1.165) is 38.4 Å². The Kier molecular flexibility index (Phi) is 5.63. The molecule has 0 unspecified atom stereocenters. The smallest absolute Gasteiger partial charge is 0.221 e. The van der Waals surface area contributed by atoms with Crippen molar-refractivity contribution in [2.75, 3.05) is 32.8 Å². The van der Waals surface area contributed by atoms with Crippen molar-refractivity contribution in [2.45, 2.75) is 13.0 Å². The average Bonchev–Trinajstić information content (AvgIpc) is 2.45. The highest BCUT2D eigenvalue weighted by atomic mass is 35.5. The van der Waals surface area contributed by atoms with Crippen molar-refractivity contribution in [1.82, 2.24) is 10.2 Å². The number of morpholine rings is 1. The molecule has 1 saturated heterocycles. The van der Waals surface area contributed by atoms with Gasteiger partial charge in [0.05, 0.1) is 13.2 Å². The highest BCUT2D eigenvalue weighted by molar-refractivity contribution is 6.30. The third-order valence-electron chi connectivity index (χ3n) is 3.16. The minimum atomic E-state index is 0.0847. The number of benzene rings is 1. The Labute approximate surface area is 118 Å². The van der Waals surface area contributed by atoms with Crippen LogP contribution in [0.2, 0.25) is 5.02 Å². The van der Waals surface area contributed by atoms with E-state index in [1.165, 1.54) is 0 Å². The van der Waals surface area contributed by atoms with Crippen LogP contribution in [0.25, 0.3) is 0 Å². The molecule has 1 N–H and O–H groups in total. The molecule has 1 fully saturated rings. The van der Waals surface area contributed by atoms with E-state index in [0.29, 0.717) is 18.0 Å². The largest absolute Gasteiger partial charge is 0.379 e. The maximum Gasteiger partial charge on any atom is 0.221 e. The molecule has 1 heterocycles. The molecule has 0 aromatic heterocycles. The summed E-state index contributed by atoms with van der Waals surface area (Å²) in [5.74, 6) is 0.0847. The van der Waals surface area contributed by atoms with Crippen molar-refractivity contribution in [3.05, 3.63) is 34.9 Å². The molecule has 1 aromatic carbocycles. The molecule has 19 heavy (non-hydrogen) atoms. The van der Waals surface area contributed by atoms with Crippen molar-refractivity contribution in [3.8, 4) is 0 Å². The number of carbonyl (C=O) groups excluding carboxylic acids is 1. The second-order valence-corrected chi connectivity index (χ2v) is 5.04. The number of amides is 1. The van der Waals surface area contributed by atoms with Crippen molar-refractivity contribution < 1.29 is 9.53 Å². The molecule has 0 saturated carbocycles. The van der Waals surface area contributed by atoms with E-state index in [4.69, 9.17) is 16.3 Å². The van der Waals surface area contributed by atoms with Crippen molar-refractivity contribution >= 4 is 17.5 Å². The van der Waals surface area contributed by atoms with Gasteiger partial charge in [0.1, 0.15) is 0 Å². The number of carbonyl (C=O) groups is 1. The molecule has 5 heteroatoms. The lowest BCUT2D eigenvalue weighted by Gasteiger charge is -2.26. The van der Waals surface area contributed by atoms with Gasteiger partial charge >= 0.3 is 0 Å². The molecule has 1 aliphatic rings. The molecule has 1 aromatic rings. The van der Waals surface area contributed by atoms with Gasteiger partial charge in [-0.25, -0.2) is 0 Å². The van der Waals surface area contributed by atoms with Gasteiger partial charge in [-0.2, -0.15) is 0 Å². The van der Waals surface area contributed by atoms with Gasteiger partial charge in [-0.1, -0.05) is 23.7 Å². The van der Waals surface area contributed by atoms with E-state index < -0.39 is 0 Å². The van der Waals surface area contributed by atoms with Gasteiger partial charge < -0.3 is 10.1 Å². The zero-order valence-corrected chi connectivity index (χ0v) is 11.7. The van der Waals surface area contributed by atoms with Crippen molar-refractivity contribution in [2.24, 2.45) is 0 Å². The summed E-state index contributed by atoms with van der Waals surface area (Å²) in [6, 6.07) is 7.50. The van der Waals surface area contributed by atoms with Gasteiger partial charge in [0.2, 0.25) is 5.91 Å². The molecule has 0 spiro atoms. The summed E-state index contributed by atoms with van der Waals surface area (Å²) in [5, 5.41) is 3.63. The molecule has 4 nitrogen and oxygen atoms in total. The summed E-state index contributed by atoms with van der Waals surface area (Å²) in [6.45, 7) is 4.74. The van der Waals surface area contributed by atoms with Crippen LogP contribution in [-0.4, -0.2) is 43.7 Å². The van der Waals surface area contributed by atoms with Crippen LogP contribution in [-0.2, 0) is 16.1 Å². The van der Waals surface area contributed by atoms with Crippen LogP contribution in [0, 0.1) is 0 Å². The highest BCUT2D eigenvalue weighted by Gasteiger charge is 2.11. The maximum atomic E-state index is 11.7. The molecule has 2 rings (SSSR count). The topological polar surface area (TPSA) is 41.6 Å². The third-order valence-corrected chi connectivity index (χ3v) is 3.41. The van der Waals surface area contributed by atoms with Crippen LogP contribution in [0.3, 0.4) is 0 Å². The molecular weight excluding hydrogens is 264 g/mol. The van der Waals surface area contributed by atoms with Gasteiger partial charge in [-0.3, -0.25) is 9.69 Å². The molecular formula is C14H19ClN2O2. The molecule has 104 valence electrons. The molecule has 0 aliphatic carbocycles. The first-order valence-corrected chi connectivity index (χ1v) is 6.93. The third kappa shape index (κ3) is 5.19. The molecule has 0 bridgehead atoms. The number of ether oxygens (including phenoxy) is 1. The Bertz CT molecular complexity index is 402. The van der Waals surface area contributed by atoms with Gasteiger partial charge in [0.15, 0.2) is 0 Å². The Balaban J connectivity index is 1.65. The summed E-state index contributed by atoms with van der Waals surface area (Å²) in [4.78, 5) is 14.0. The maximum absolute atomic E-state index is 11.7. The normalized spacial score (nSPS) is 16.3. The molecule has 0 radical (unpaired) electrons. The summed E-state index contributed by atoms with van der Waals surface area (Å²) in [7, 11) is 0. The van der Waals surface area contributed by atoms with E-state index in [2.05, 4.69) is 10.2 Å². The lowest BCUT2D eigenvalue weighted by molar-refractivity contribution is -0.121. The predicted octanol–water partition coefficient (Wildman–Crippen LogP) is 1.68. The minimum Gasteiger partial charge on any atom is -0.379 e. The number of hydrogen-bond acceptors (Lipinski definition) is 3. The van der Waals surface area contributed by atoms with E-state index in [1.807, 2.05) is 24.3 Å². The fourth-order valence-corrected chi connectivity index (χ4v) is 2.10. The van der Waals surface area contributed by atoms with Crippen LogP contribution in [0.1, 0.15) is 12.0 Å². The summed E-state index contributed by atoms with van der Waals surface area (Å²) in [6.07, 6.45) is 0.535. The first-order valence-electron chi connectivity index (χ1n) is 6.55. The second kappa shape index (κ2) is 7.48. The summed E-state index contributed by atoms with van der Waals surface area (Å²) in [5.41, 5.74) is 1.06. The minimum absolute atomic E-state index is 0.0847. The molecule has 1 aliphatic heterocycles. The number of nitrogens with one attached hydrogen (secondary N) is 1. The van der Waals surface area contributed by atoms with Gasteiger partial charge in [-0.15, -0.1) is 0 Å². The van der Waals surface area contributed by atoms with Crippen LogP contribution >= 0.6 is 11.6 Å². The molecule has 0 atom stereocenters. The number of nitrogens with zero attached hydrogens (tertiary/aromatic N) is 1. The predicted molar refractivity (Wildman–Crippen MR) is 75.2 cm³/mol. The van der Waals surface area contributed by atoms with Gasteiger partial charge in [0, 0.05) is 37.6 Å². The fourth-order valence-electron chi connectivity index (χ4n) is 1.98. The Morgan fingerprint density at radius 1 is 1.26 bits per heavy atom. The Hall–Kier alpha value is -1.10. The van der Waals surface area contributed by atoms with Crippen molar-refractivity contribution in [3.63, 3.8) is 0 Å². The first kappa shape index (κ1) is 14.3. The SMILES string of the molecule is O=C(CCN1CCOCC1)NCc1ccc(Cl)cc1. The van der Waals surface area contributed by atoms with E-state index in [1.54, 1.807) is 0 Å². The zero-order chi connectivity index (χ0) is 13.5. The van der Waals surface area contributed by atoms with E-state index in [-0.39, 0.29) is 5.91 Å². The zero-order valence-electron chi connectivity index (χ0n) is 10.9. The lowest BCUT2D eigenvalue weighted by atomic mass is 10.2. The highest BCUT2D eigenvalue weighted by Crippen LogP contribution is 2.09.